The van der Waals surface area contributed by atoms with E-state index in [2.05, 4.69) is 26.1 Å². The number of rotatable bonds is 0. The molecule has 0 spiro atoms. The standard InChI is InChI=1S/C7H6BrN3S/c1-3-6-4(2-5(9)12-6)7(8)11-10-3/h2H,9H2,1H3. The van der Waals surface area contributed by atoms with E-state index >= 15 is 0 Å². The third-order valence-corrected chi connectivity index (χ3v) is 3.25. The fourth-order valence-corrected chi connectivity index (χ4v) is 2.44. The topological polar surface area (TPSA) is 51.8 Å². The molecule has 3 nitrogen and oxygen atoms in total. The summed E-state index contributed by atoms with van der Waals surface area (Å²) in [6.07, 6.45) is 0. The molecule has 2 rings (SSSR count). The first kappa shape index (κ1) is 7.94. The Bertz CT molecular complexity index is 398. The van der Waals surface area contributed by atoms with E-state index in [0.29, 0.717) is 0 Å². The molecule has 0 unspecified atom stereocenters. The van der Waals surface area contributed by atoms with Gasteiger partial charge in [-0.25, -0.2) is 0 Å². The molecule has 2 heterocycles. The molecule has 0 aromatic carbocycles. The third-order valence-electron chi connectivity index (χ3n) is 1.59. The molecule has 0 aliphatic rings. The van der Waals surface area contributed by atoms with Crippen LogP contribution in [0.5, 0.6) is 0 Å². The summed E-state index contributed by atoms with van der Waals surface area (Å²) in [7, 11) is 0. The predicted octanol–water partition coefficient (Wildman–Crippen LogP) is 2.34. The fourth-order valence-electron chi connectivity index (χ4n) is 1.05. The molecule has 0 saturated heterocycles. The number of hydrogen-bond acceptors (Lipinski definition) is 4. The molecular formula is C7H6BrN3S. The lowest BCUT2D eigenvalue weighted by molar-refractivity contribution is 0.986. The number of fused-ring (bicyclic) bond motifs is 1. The van der Waals surface area contributed by atoms with Crippen molar-refractivity contribution in [1.29, 1.82) is 0 Å². The number of nitrogens with two attached hydrogens (primary N) is 1. The number of halogens is 1. The number of nitrogens with zero attached hydrogens (tertiary/aromatic N) is 2. The molecule has 2 aromatic heterocycles. The molecule has 2 aromatic rings. The van der Waals surface area contributed by atoms with E-state index in [1.807, 2.05) is 13.0 Å². The zero-order valence-electron chi connectivity index (χ0n) is 6.34. The first-order valence-electron chi connectivity index (χ1n) is 3.36. The van der Waals surface area contributed by atoms with Crippen LogP contribution >= 0.6 is 27.3 Å². The Balaban J connectivity index is 2.93. The van der Waals surface area contributed by atoms with Crippen LogP contribution in [-0.2, 0) is 0 Å². The van der Waals surface area contributed by atoms with E-state index in [9.17, 15) is 0 Å². The van der Waals surface area contributed by atoms with E-state index in [-0.39, 0.29) is 0 Å². The molecule has 0 aliphatic carbocycles. The van der Waals surface area contributed by atoms with Gasteiger partial charge in [0.1, 0.15) is 4.60 Å². The second-order valence-corrected chi connectivity index (χ2v) is 4.30. The van der Waals surface area contributed by atoms with Gasteiger partial charge in [0, 0.05) is 5.39 Å². The van der Waals surface area contributed by atoms with Gasteiger partial charge >= 0.3 is 0 Å². The molecule has 0 fully saturated rings. The van der Waals surface area contributed by atoms with Gasteiger partial charge in [-0.1, -0.05) is 0 Å². The normalized spacial score (nSPS) is 10.8. The smallest absolute Gasteiger partial charge is 0.137 e. The summed E-state index contributed by atoms with van der Waals surface area (Å²) in [6, 6.07) is 1.91. The lowest BCUT2D eigenvalue weighted by Gasteiger charge is -1.93. The van der Waals surface area contributed by atoms with E-state index in [4.69, 9.17) is 5.73 Å². The molecule has 5 heteroatoms. The number of hydrogen-bond donors (Lipinski definition) is 1. The van der Waals surface area contributed by atoms with Crippen LogP contribution in [0, 0.1) is 6.92 Å². The van der Waals surface area contributed by atoms with Crippen LogP contribution in [0.1, 0.15) is 5.69 Å². The van der Waals surface area contributed by atoms with Crippen molar-refractivity contribution in [2.24, 2.45) is 0 Å². The maximum Gasteiger partial charge on any atom is 0.137 e. The minimum Gasteiger partial charge on any atom is -0.391 e. The lowest BCUT2D eigenvalue weighted by Crippen LogP contribution is -1.86. The lowest BCUT2D eigenvalue weighted by atomic mass is 10.3. The highest BCUT2D eigenvalue weighted by molar-refractivity contribution is 9.10. The Labute approximate surface area is 81.7 Å². The number of aromatic nitrogens is 2. The second kappa shape index (κ2) is 2.67. The molecule has 0 bridgehead atoms. The van der Waals surface area contributed by atoms with Crippen molar-refractivity contribution in [2.75, 3.05) is 5.73 Å². The van der Waals surface area contributed by atoms with Crippen molar-refractivity contribution in [1.82, 2.24) is 10.2 Å². The molecule has 0 atom stereocenters. The molecule has 0 aliphatic heterocycles. The Morgan fingerprint density at radius 2 is 2.25 bits per heavy atom. The number of anilines is 1. The van der Waals surface area contributed by atoms with Gasteiger partial charge in [0.25, 0.3) is 0 Å². The van der Waals surface area contributed by atoms with Crippen LogP contribution < -0.4 is 5.73 Å². The molecular weight excluding hydrogens is 238 g/mol. The Morgan fingerprint density at radius 3 is 2.92 bits per heavy atom. The maximum atomic E-state index is 5.67. The Kier molecular flexibility index (Phi) is 1.77. The van der Waals surface area contributed by atoms with Crippen LogP contribution in [0.4, 0.5) is 5.00 Å². The Hall–Kier alpha value is -0.680. The minimum atomic E-state index is 0.760. The van der Waals surface area contributed by atoms with Gasteiger partial charge in [-0.2, -0.15) is 5.10 Å². The highest BCUT2D eigenvalue weighted by atomic mass is 79.9. The predicted molar refractivity (Wildman–Crippen MR) is 54.3 cm³/mol. The molecule has 0 radical (unpaired) electrons. The van der Waals surface area contributed by atoms with Crippen LogP contribution in [0.25, 0.3) is 10.1 Å². The van der Waals surface area contributed by atoms with E-state index in [0.717, 1.165) is 25.4 Å². The SMILES string of the molecule is Cc1nnc(Br)c2cc(N)sc12. The average molecular weight is 244 g/mol. The number of aryl methyl sites for hydroxylation is 1. The molecule has 12 heavy (non-hydrogen) atoms. The molecule has 0 saturated carbocycles. The molecule has 62 valence electrons. The van der Waals surface area contributed by atoms with Crippen LogP contribution in [-0.4, -0.2) is 10.2 Å². The zero-order valence-corrected chi connectivity index (χ0v) is 8.74. The summed E-state index contributed by atoms with van der Waals surface area (Å²) in [5.41, 5.74) is 6.60. The van der Waals surface area contributed by atoms with Gasteiger partial charge in [0.05, 0.1) is 15.4 Å². The first-order chi connectivity index (χ1) is 5.68. The monoisotopic (exact) mass is 243 g/mol. The summed E-state index contributed by atoms with van der Waals surface area (Å²) in [6.45, 7) is 1.93. The average Bonchev–Trinajstić information content (AvgIpc) is 2.41. The summed E-state index contributed by atoms with van der Waals surface area (Å²) in [4.78, 5) is 0. The maximum absolute atomic E-state index is 5.67. The summed E-state index contributed by atoms with van der Waals surface area (Å²) >= 11 is 4.86. The van der Waals surface area contributed by atoms with Crippen LogP contribution in [0.2, 0.25) is 0 Å². The van der Waals surface area contributed by atoms with Crippen molar-refractivity contribution in [2.45, 2.75) is 6.92 Å². The summed E-state index contributed by atoms with van der Waals surface area (Å²) in [5.74, 6) is 0. The second-order valence-electron chi connectivity index (χ2n) is 2.47. The largest absolute Gasteiger partial charge is 0.391 e. The zero-order chi connectivity index (χ0) is 8.72. The van der Waals surface area contributed by atoms with Crippen molar-refractivity contribution in [3.8, 4) is 0 Å². The van der Waals surface area contributed by atoms with Gasteiger partial charge in [0.15, 0.2) is 0 Å². The van der Waals surface area contributed by atoms with Gasteiger partial charge in [0.2, 0.25) is 0 Å². The summed E-state index contributed by atoms with van der Waals surface area (Å²) in [5, 5.41) is 9.76. The van der Waals surface area contributed by atoms with Crippen LogP contribution in [0.3, 0.4) is 0 Å². The molecule has 0 amide bonds. The minimum absolute atomic E-state index is 0.760. The van der Waals surface area contributed by atoms with Crippen molar-refractivity contribution < 1.29 is 0 Å². The van der Waals surface area contributed by atoms with Gasteiger partial charge < -0.3 is 5.73 Å². The van der Waals surface area contributed by atoms with Crippen molar-refractivity contribution in [3.05, 3.63) is 16.4 Å². The van der Waals surface area contributed by atoms with Gasteiger partial charge in [-0.05, 0) is 28.9 Å². The third kappa shape index (κ3) is 1.09. The van der Waals surface area contributed by atoms with E-state index in [1.54, 1.807) is 0 Å². The quantitative estimate of drug-likeness (QED) is 0.773. The van der Waals surface area contributed by atoms with Gasteiger partial charge in [-0.3, -0.25) is 0 Å². The number of thiophene rings is 1. The van der Waals surface area contributed by atoms with E-state index < -0.39 is 0 Å². The number of nitrogen functional groups attached to an aromatic ring is 1. The molecule has 2 N–H and O–H groups in total. The van der Waals surface area contributed by atoms with E-state index in [1.165, 1.54) is 11.3 Å². The highest BCUT2D eigenvalue weighted by Gasteiger charge is 2.07. The Morgan fingerprint density at radius 1 is 1.50 bits per heavy atom. The van der Waals surface area contributed by atoms with Crippen molar-refractivity contribution >= 4 is 42.4 Å². The summed E-state index contributed by atoms with van der Waals surface area (Å²) < 4.78 is 1.87. The van der Waals surface area contributed by atoms with Gasteiger partial charge in [-0.15, -0.1) is 16.4 Å². The fraction of sp³-hybridized carbons (Fsp3) is 0.143. The van der Waals surface area contributed by atoms with Crippen molar-refractivity contribution in [3.63, 3.8) is 0 Å². The van der Waals surface area contributed by atoms with Crippen LogP contribution in [0.15, 0.2) is 10.7 Å². The highest BCUT2D eigenvalue weighted by Crippen LogP contribution is 2.32. The first-order valence-corrected chi connectivity index (χ1v) is 4.97.